The van der Waals surface area contributed by atoms with Crippen molar-refractivity contribution in [2.45, 2.75) is 19.9 Å². The third kappa shape index (κ3) is 4.54. The van der Waals surface area contributed by atoms with Crippen LogP contribution in [0.15, 0.2) is 34.2 Å². The number of hydrogen-bond acceptors (Lipinski definition) is 4. The molecular weight excluding hydrogens is 350 g/mol. The molecule has 4 nitrogen and oxygen atoms in total. The van der Waals surface area contributed by atoms with Gasteiger partial charge in [0, 0.05) is 40.2 Å². The lowest BCUT2D eigenvalue weighted by Gasteiger charge is -2.16. The standard InChI is InChI=1S/C15H18BrN3OS/c1-3-5-17-12-4-6-18-14(8-12)15(20)19(2)9-13-7-11(16)10-21-13/h4,6-8,10H,3,5,9H2,1-2H3,(H,17,18). The van der Waals surface area contributed by atoms with Crippen LogP contribution in [0.4, 0.5) is 5.69 Å². The number of nitrogens with one attached hydrogen (secondary N) is 1. The molecule has 2 aromatic rings. The van der Waals surface area contributed by atoms with Gasteiger partial charge in [-0.25, -0.2) is 0 Å². The fraction of sp³-hybridized carbons (Fsp3) is 0.333. The predicted molar refractivity (Wildman–Crippen MR) is 90.8 cm³/mol. The Kier molecular flexibility index (Phi) is 5.76. The molecule has 2 rings (SSSR count). The van der Waals surface area contributed by atoms with E-state index in [1.54, 1.807) is 35.5 Å². The number of hydrogen-bond donors (Lipinski definition) is 1. The normalized spacial score (nSPS) is 10.4. The SMILES string of the molecule is CCCNc1ccnc(C(=O)N(C)Cc2cc(Br)cs2)c1. The largest absolute Gasteiger partial charge is 0.385 e. The van der Waals surface area contributed by atoms with Crippen molar-refractivity contribution < 1.29 is 4.79 Å². The maximum Gasteiger partial charge on any atom is 0.272 e. The quantitative estimate of drug-likeness (QED) is 0.838. The molecule has 0 aliphatic rings. The van der Waals surface area contributed by atoms with Crippen LogP contribution in [0, 0.1) is 0 Å². The number of anilines is 1. The molecule has 2 heterocycles. The van der Waals surface area contributed by atoms with Crippen LogP contribution < -0.4 is 5.32 Å². The predicted octanol–water partition coefficient (Wildman–Crippen LogP) is 4.00. The molecule has 21 heavy (non-hydrogen) atoms. The highest BCUT2D eigenvalue weighted by Gasteiger charge is 2.14. The molecular formula is C15H18BrN3OS. The molecule has 0 saturated carbocycles. The van der Waals surface area contributed by atoms with Gasteiger partial charge in [-0.1, -0.05) is 6.92 Å². The van der Waals surface area contributed by atoms with Gasteiger partial charge in [0.25, 0.3) is 5.91 Å². The Labute approximate surface area is 137 Å². The van der Waals surface area contributed by atoms with E-state index in [0.717, 1.165) is 28.0 Å². The lowest BCUT2D eigenvalue weighted by molar-refractivity contribution is 0.0780. The van der Waals surface area contributed by atoms with Crippen molar-refractivity contribution >= 4 is 38.9 Å². The van der Waals surface area contributed by atoms with E-state index < -0.39 is 0 Å². The maximum absolute atomic E-state index is 12.4. The van der Waals surface area contributed by atoms with E-state index in [4.69, 9.17) is 0 Å². The molecule has 0 bridgehead atoms. The van der Waals surface area contributed by atoms with Gasteiger partial charge in [-0.05, 0) is 40.5 Å². The topological polar surface area (TPSA) is 45.2 Å². The number of rotatable bonds is 6. The minimum absolute atomic E-state index is 0.0697. The minimum atomic E-state index is -0.0697. The second kappa shape index (κ2) is 7.56. The Hall–Kier alpha value is -1.40. The van der Waals surface area contributed by atoms with E-state index in [2.05, 4.69) is 33.2 Å². The van der Waals surface area contributed by atoms with Crippen molar-refractivity contribution in [1.82, 2.24) is 9.88 Å². The molecule has 1 amide bonds. The van der Waals surface area contributed by atoms with Crippen molar-refractivity contribution in [3.05, 3.63) is 44.8 Å². The van der Waals surface area contributed by atoms with Crippen LogP contribution >= 0.6 is 27.3 Å². The van der Waals surface area contributed by atoms with Gasteiger partial charge >= 0.3 is 0 Å². The number of pyridine rings is 1. The molecule has 0 radical (unpaired) electrons. The summed E-state index contributed by atoms with van der Waals surface area (Å²) in [7, 11) is 1.80. The Morgan fingerprint density at radius 1 is 1.48 bits per heavy atom. The second-order valence-electron chi connectivity index (χ2n) is 4.75. The number of amides is 1. The van der Waals surface area contributed by atoms with Crippen molar-refractivity contribution in [3.8, 4) is 0 Å². The van der Waals surface area contributed by atoms with Crippen LogP contribution in [0.5, 0.6) is 0 Å². The molecule has 112 valence electrons. The van der Waals surface area contributed by atoms with E-state index in [-0.39, 0.29) is 5.91 Å². The summed E-state index contributed by atoms with van der Waals surface area (Å²) in [5, 5.41) is 5.28. The Bertz CT molecular complexity index is 614. The van der Waals surface area contributed by atoms with E-state index >= 15 is 0 Å². The van der Waals surface area contributed by atoms with Crippen molar-refractivity contribution in [1.29, 1.82) is 0 Å². The maximum atomic E-state index is 12.4. The first-order valence-electron chi connectivity index (χ1n) is 6.78. The summed E-state index contributed by atoms with van der Waals surface area (Å²) in [6.45, 7) is 3.58. The highest BCUT2D eigenvalue weighted by Crippen LogP contribution is 2.21. The zero-order chi connectivity index (χ0) is 15.2. The van der Waals surface area contributed by atoms with Gasteiger partial charge in [-0.3, -0.25) is 9.78 Å². The number of thiophene rings is 1. The van der Waals surface area contributed by atoms with Gasteiger partial charge < -0.3 is 10.2 Å². The van der Waals surface area contributed by atoms with Crippen LogP contribution in [0.2, 0.25) is 0 Å². The van der Waals surface area contributed by atoms with Gasteiger partial charge in [-0.15, -0.1) is 11.3 Å². The third-order valence-electron chi connectivity index (χ3n) is 2.92. The van der Waals surface area contributed by atoms with Crippen molar-refractivity contribution in [2.24, 2.45) is 0 Å². The van der Waals surface area contributed by atoms with E-state index in [0.29, 0.717) is 12.2 Å². The molecule has 0 saturated heterocycles. The summed E-state index contributed by atoms with van der Waals surface area (Å²) in [5.41, 5.74) is 1.40. The van der Waals surface area contributed by atoms with Crippen molar-refractivity contribution in [3.63, 3.8) is 0 Å². The van der Waals surface area contributed by atoms with Crippen molar-refractivity contribution in [2.75, 3.05) is 18.9 Å². The van der Waals surface area contributed by atoms with Crippen LogP contribution in [0.25, 0.3) is 0 Å². The highest BCUT2D eigenvalue weighted by molar-refractivity contribution is 9.10. The fourth-order valence-electron chi connectivity index (χ4n) is 1.86. The minimum Gasteiger partial charge on any atom is -0.385 e. The average Bonchev–Trinajstić information content (AvgIpc) is 2.89. The number of nitrogens with zero attached hydrogens (tertiary/aromatic N) is 2. The zero-order valence-electron chi connectivity index (χ0n) is 12.1. The first-order chi connectivity index (χ1) is 10.1. The summed E-state index contributed by atoms with van der Waals surface area (Å²) in [4.78, 5) is 19.4. The van der Waals surface area contributed by atoms with E-state index in [1.807, 2.05) is 17.5 Å². The molecule has 6 heteroatoms. The molecule has 0 fully saturated rings. The lowest BCUT2D eigenvalue weighted by Crippen LogP contribution is -2.26. The van der Waals surface area contributed by atoms with Crippen LogP contribution in [0.1, 0.15) is 28.7 Å². The molecule has 0 aromatic carbocycles. The number of carbonyl (C=O) groups excluding carboxylic acids is 1. The third-order valence-corrected chi connectivity index (χ3v) is 4.60. The lowest BCUT2D eigenvalue weighted by atomic mass is 10.2. The molecule has 0 unspecified atom stereocenters. The second-order valence-corrected chi connectivity index (χ2v) is 6.66. The Balaban J connectivity index is 2.04. The van der Waals surface area contributed by atoms with Gasteiger partial charge in [0.05, 0.1) is 6.54 Å². The zero-order valence-corrected chi connectivity index (χ0v) is 14.5. The van der Waals surface area contributed by atoms with E-state index in [9.17, 15) is 4.79 Å². The number of halogens is 1. The first kappa shape index (κ1) is 16.0. The molecule has 2 aromatic heterocycles. The monoisotopic (exact) mass is 367 g/mol. The van der Waals surface area contributed by atoms with Gasteiger partial charge in [-0.2, -0.15) is 0 Å². The molecule has 0 aliphatic heterocycles. The first-order valence-corrected chi connectivity index (χ1v) is 8.45. The summed E-state index contributed by atoms with van der Waals surface area (Å²) < 4.78 is 1.05. The number of carbonyl (C=O) groups is 1. The molecule has 0 spiro atoms. The Morgan fingerprint density at radius 3 is 2.95 bits per heavy atom. The van der Waals surface area contributed by atoms with Gasteiger partial charge in [0.15, 0.2) is 0 Å². The van der Waals surface area contributed by atoms with Gasteiger partial charge in [0.1, 0.15) is 5.69 Å². The summed E-state index contributed by atoms with van der Waals surface area (Å²) in [6, 6.07) is 5.71. The smallest absolute Gasteiger partial charge is 0.272 e. The summed E-state index contributed by atoms with van der Waals surface area (Å²) in [5.74, 6) is -0.0697. The average molecular weight is 368 g/mol. The highest BCUT2D eigenvalue weighted by atomic mass is 79.9. The van der Waals surface area contributed by atoms with Gasteiger partial charge in [0.2, 0.25) is 0 Å². The molecule has 0 atom stereocenters. The summed E-state index contributed by atoms with van der Waals surface area (Å²) >= 11 is 5.06. The van der Waals surface area contributed by atoms with Crippen LogP contribution in [0.3, 0.4) is 0 Å². The molecule has 1 N–H and O–H groups in total. The Morgan fingerprint density at radius 2 is 2.29 bits per heavy atom. The number of aromatic nitrogens is 1. The fourth-order valence-corrected chi connectivity index (χ4v) is 3.37. The van der Waals surface area contributed by atoms with Crippen LogP contribution in [-0.4, -0.2) is 29.4 Å². The summed E-state index contributed by atoms with van der Waals surface area (Å²) in [6.07, 6.45) is 2.71. The van der Waals surface area contributed by atoms with Crippen LogP contribution in [-0.2, 0) is 6.54 Å². The van der Waals surface area contributed by atoms with E-state index in [1.165, 1.54) is 0 Å². The molecule has 0 aliphatic carbocycles.